The molecule has 2 bridgehead atoms. The van der Waals surface area contributed by atoms with Gasteiger partial charge in [0.1, 0.15) is 18.2 Å². The van der Waals surface area contributed by atoms with Crippen LogP contribution in [0.1, 0.15) is 77.3 Å². The average molecular weight is 1050 g/mol. The predicted octanol–water partition coefficient (Wildman–Crippen LogP) is -0.384. The maximum Gasteiger partial charge on any atom is 0.328 e. The SMILES string of the molecule is COC(=O)C(Cc1c[nH]cn1)NC(=O)C1[C@@H]2CC(O[C@@H]3OCC(O)[C@H](N)C3O)/C=C/C=C/C=C/C=C/C=C/C=C/C=C/[C@H](C)C(O)C[C@H](C)OC(=O)CC(O)CC(O)CCC(O)C(O)CC(O)CC(O)(C[C@@H]1O)O2. The van der Waals surface area contributed by atoms with Crippen LogP contribution in [-0.4, -0.2) is 190 Å². The van der Waals surface area contributed by atoms with Crippen LogP contribution in [-0.2, 0) is 44.5 Å². The summed E-state index contributed by atoms with van der Waals surface area (Å²) in [6.07, 6.45) is 6.78. The van der Waals surface area contributed by atoms with Gasteiger partial charge in [0.05, 0.1) is 105 Å². The quantitative estimate of drug-likeness (QED) is 0.155. The van der Waals surface area contributed by atoms with Crippen LogP contribution in [0.4, 0.5) is 0 Å². The number of allylic oxidation sites excluding steroid dienone is 12. The molecule has 14 N–H and O–H groups in total. The summed E-state index contributed by atoms with van der Waals surface area (Å²) in [5.41, 5.74) is 6.43. The summed E-state index contributed by atoms with van der Waals surface area (Å²) in [7, 11) is 1.13. The normalized spacial score (nSPS) is 39.7. The van der Waals surface area contributed by atoms with Crippen molar-refractivity contribution in [2.75, 3.05) is 13.7 Å². The second-order valence-electron chi connectivity index (χ2n) is 19.2. The molecule has 0 aliphatic carbocycles. The number of cyclic esters (lactones) is 1. The second kappa shape index (κ2) is 31.3. The van der Waals surface area contributed by atoms with Gasteiger partial charge in [0.15, 0.2) is 12.1 Å². The molecule has 0 spiro atoms. The number of imidazole rings is 1. The molecule has 22 heteroatoms. The van der Waals surface area contributed by atoms with Gasteiger partial charge in [-0.1, -0.05) is 92.0 Å². The number of methoxy groups -OCH3 is 1. The lowest BCUT2D eigenvalue weighted by Crippen LogP contribution is -2.60. The van der Waals surface area contributed by atoms with E-state index in [1.54, 1.807) is 85.9 Å². The molecule has 1 aromatic rings. The van der Waals surface area contributed by atoms with Crippen molar-refractivity contribution < 1.29 is 89.1 Å². The number of carbonyl (C=O) groups excluding carboxylic acids is 3. The number of fused-ring (bicyclic) bond motifs is 2. The van der Waals surface area contributed by atoms with E-state index >= 15 is 0 Å². The molecule has 0 radical (unpaired) electrons. The molecular weight excluding hydrogens is 969 g/mol. The fraction of sp³-hybridized carbons (Fsp3) is 0.615. The first-order chi connectivity index (χ1) is 35.2. The number of hydrogen-bond acceptors (Lipinski definition) is 20. The van der Waals surface area contributed by atoms with Gasteiger partial charge in [0, 0.05) is 50.6 Å². The van der Waals surface area contributed by atoms with E-state index in [4.69, 9.17) is 29.4 Å². The minimum absolute atomic E-state index is 0.107. The number of hydrogen-bond donors (Lipinski definition) is 13. The van der Waals surface area contributed by atoms with Crippen molar-refractivity contribution in [2.24, 2.45) is 17.6 Å². The fourth-order valence-corrected chi connectivity index (χ4v) is 8.73. The standard InChI is InChI=1S/C52H78N4O18/c1-31-16-14-12-10-8-6-4-5-7-9-11-13-15-17-37(73-51-48(66)47(53)43(64)29-71-51)25-44-46(49(67)56-38(50(68)70-3)21-33-28-54-30-55-33)42(63)27-52(69,74-44)26-36(59)23-41(62)39(60)19-18-34(57)22-35(58)24-45(65)72-32(2)20-40(31)61/h4-17,28,30-32,34-44,46-48,51,57-64,66,69H,18-27,29,53H2,1-3H3,(H,54,55)(H,56,67)/b5-4+,8-6+,9-7+,12-10+,13-11+,16-14+,17-15+/t31-,32-,34?,35?,36?,37?,38?,39?,40?,41?,42-,43?,44-,46?,47-,48?,51-,52?/m0/s1. The van der Waals surface area contributed by atoms with E-state index in [0.29, 0.717) is 5.69 Å². The number of H-pyrrole nitrogens is 1. The lowest BCUT2D eigenvalue weighted by atomic mass is 9.82. The zero-order valence-corrected chi connectivity index (χ0v) is 42.1. The van der Waals surface area contributed by atoms with Crippen molar-refractivity contribution in [3.63, 3.8) is 0 Å². The van der Waals surface area contributed by atoms with Gasteiger partial charge in [-0.3, -0.25) is 9.59 Å². The van der Waals surface area contributed by atoms with Gasteiger partial charge < -0.3 is 90.8 Å². The number of amides is 1. The van der Waals surface area contributed by atoms with Crippen LogP contribution in [0.5, 0.6) is 0 Å². The first-order valence-corrected chi connectivity index (χ1v) is 25.0. The third-order valence-electron chi connectivity index (χ3n) is 12.8. The zero-order chi connectivity index (χ0) is 54.4. The number of ether oxygens (including phenoxy) is 5. The van der Waals surface area contributed by atoms with E-state index in [1.807, 2.05) is 6.92 Å². The molecule has 2 fully saturated rings. The third-order valence-corrected chi connectivity index (χ3v) is 12.8. The molecule has 414 valence electrons. The molecule has 1 amide bonds. The van der Waals surface area contributed by atoms with Crippen LogP contribution in [0.25, 0.3) is 0 Å². The van der Waals surface area contributed by atoms with E-state index in [1.165, 1.54) is 18.6 Å². The largest absolute Gasteiger partial charge is 0.467 e. The van der Waals surface area contributed by atoms with Gasteiger partial charge in [-0.2, -0.15) is 0 Å². The highest BCUT2D eigenvalue weighted by atomic mass is 16.7. The van der Waals surface area contributed by atoms with Gasteiger partial charge in [-0.25, -0.2) is 9.78 Å². The molecule has 0 saturated carbocycles. The number of nitrogens with one attached hydrogen (secondary N) is 2. The Hall–Kier alpha value is -4.76. The van der Waals surface area contributed by atoms with Crippen molar-refractivity contribution >= 4 is 17.8 Å². The van der Waals surface area contributed by atoms with Gasteiger partial charge in [0.25, 0.3) is 0 Å². The van der Waals surface area contributed by atoms with Gasteiger partial charge in [0.2, 0.25) is 5.91 Å². The van der Waals surface area contributed by atoms with Gasteiger partial charge in [-0.15, -0.1) is 0 Å². The number of aliphatic hydroxyl groups excluding tert-OH is 9. The highest BCUT2D eigenvalue weighted by molar-refractivity contribution is 5.86. The van der Waals surface area contributed by atoms with Gasteiger partial charge in [-0.05, 0) is 26.2 Å². The van der Waals surface area contributed by atoms with E-state index < -0.39 is 147 Å². The monoisotopic (exact) mass is 1050 g/mol. The smallest absolute Gasteiger partial charge is 0.328 e. The first kappa shape index (κ1) is 61.8. The zero-order valence-electron chi connectivity index (χ0n) is 42.1. The van der Waals surface area contributed by atoms with E-state index in [9.17, 15) is 65.4 Å². The number of carbonyl (C=O) groups is 3. The summed E-state index contributed by atoms with van der Waals surface area (Å²) in [6.45, 7) is 3.14. The Morgan fingerprint density at radius 2 is 1.42 bits per heavy atom. The number of aromatic amines is 1. The first-order valence-electron chi connectivity index (χ1n) is 25.0. The van der Waals surface area contributed by atoms with Crippen molar-refractivity contribution in [1.82, 2.24) is 15.3 Å². The van der Waals surface area contributed by atoms with E-state index in [2.05, 4.69) is 15.3 Å². The van der Waals surface area contributed by atoms with E-state index in [0.717, 1.165) is 7.11 Å². The van der Waals surface area contributed by atoms with E-state index in [-0.39, 0.29) is 51.0 Å². The highest BCUT2D eigenvalue weighted by Crippen LogP contribution is 2.38. The molecule has 18 atom stereocenters. The second-order valence-corrected chi connectivity index (χ2v) is 19.2. The van der Waals surface area contributed by atoms with Crippen LogP contribution >= 0.6 is 0 Å². The van der Waals surface area contributed by atoms with Crippen LogP contribution < -0.4 is 11.1 Å². The topological polar surface area (TPSA) is 366 Å². The lowest BCUT2D eigenvalue weighted by molar-refractivity contribution is -0.304. The Balaban J connectivity index is 1.63. The van der Waals surface area contributed by atoms with Crippen LogP contribution in [0.2, 0.25) is 0 Å². The van der Waals surface area contributed by atoms with Gasteiger partial charge >= 0.3 is 11.9 Å². The Morgan fingerprint density at radius 1 is 0.784 bits per heavy atom. The third kappa shape index (κ3) is 21.1. The highest BCUT2D eigenvalue weighted by Gasteiger charge is 2.51. The lowest BCUT2D eigenvalue weighted by Gasteiger charge is -2.46. The number of esters is 2. The molecule has 74 heavy (non-hydrogen) atoms. The Bertz CT molecular complexity index is 2060. The summed E-state index contributed by atoms with van der Waals surface area (Å²) in [4.78, 5) is 46.7. The molecule has 4 rings (SSSR count). The summed E-state index contributed by atoms with van der Waals surface area (Å²) in [6, 6.07) is -2.45. The number of nitrogens with zero attached hydrogens (tertiary/aromatic N) is 1. The van der Waals surface area contributed by atoms with Crippen molar-refractivity contribution in [3.05, 3.63) is 103 Å². The molecule has 22 nitrogen and oxygen atoms in total. The molecular formula is C52H78N4O18. The maximum absolute atomic E-state index is 14.3. The van der Waals surface area contributed by atoms with Crippen LogP contribution in [0.15, 0.2) is 97.6 Å². The molecule has 12 unspecified atom stereocenters. The number of rotatable bonds is 7. The fourth-order valence-electron chi connectivity index (χ4n) is 8.73. The minimum Gasteiger partial charge on any atom is -0.467 e. The summed E-state index contributed by atoms with van der Waals surface area (Å²) in [5.74, 6) is -6.64. The Labute approximate surface area is 431 Å². The predicted molar refractivity (Wildman–Crippen MR) is 266 cm³/mol. The summed E-state index contributed by atoms with van der Waals surface area (Å²) in [5, 5.41) is 112. The number of aliphatic hydroxyl groups is 10. The molecule has 3 aliphatic heterocycles. The molecule has 0 aromatic carbocycles. The summed E-state index contributed by atoms with van der Waals surface area (Å²) >= 11 is 0. The van der Waals surface area contributed by atoms with Crippen molar-refractivity contribution in [1.29, 1.82) is 0 Å². The van der Waals surface area contributed by atoms with Crippen LogP contribution in [0.3, 0.4) is 0 Å². The maximum atomic E-state index is 14.3. The van der Waals surface area contributed by atoms with Crippen molar-refractivity contribution in [2.45, 2.75) is 175 Å². The molecule has 2 saturated heterocycles. The number of nitrogens with two attached hydrogens (primary N) is 1. The Morgan fingerprint density at radius 3 is 2.04 bits per heavy atom. The Kier molecular flexibility index (Phi) is 26.2. The number of aromatic nitrogens is 2. The van der Waals surface area contributed by atoms with Crippen molar-refractivity contribution in [3.8, 4) is 0 Å². The minimum atomic E-state index is -2.39. The summed E-state index contributed by atoms with van der Waals surface area (Å²) < 4.78 is 28.3. The average Bonchev–Trinajstić information content (AvgIpc) is 3.85. The molecule has 3 aliphatic rings. The van der Waals surface area contributed by atoms with Crippen LogP contribution in [0, 0.1) is 11.8 Å². The molecule has 4 heterocycles. The molecule has 1 aromatic heterocycles.